The van der Waals surface area contributed by atoms with E-state index in [1.54, 1.807) is 0 Å². The van der Waals surface area contributed by atoms with Crippen molar-refractivity contribution in [2.75, 3.05) is 0 Å². The average molecular weight is 446 g/mol. The molecule has 0 amide bonds. The molecule has 0 spiro atoms. The number of benzene rings is 3. The Kier molecular flexibility index (Phi) is 7.67. The van der Waals surface area contributed by atoms with Crippen LogP contribution in [0.3, 0.4) is 0 Å². The number of halogens is 1. The van der Waals surface area contributed by atoms with Crippen LogP contribution in [0.4, 0.5) is 0 Å². The molecule has 0 saturated heterocycles. The molecule has 3 rings (SSSR count). The number of hydrogen-bond donors (Lipinski definition) is 0. The molecular weight excluding hydrogens is 425 g/mol. The van der Waals surface area contributed by atoms with Gasteiger partial charge in [-0.1, -0.05) is 72.8 Å². The molecule has 0 radical (unpaired) electrons. The summed E-state index contributed by atoms with van der Waals surface area (Å²) in [6.45, 7) is 6.67. The first kappa shape index (κ1) is 19.4. The van der Waals surface area contributed by atoms with Gasteiger partial charge in [-0.3, -0.25) is 0 Å². The summed E-state index contributed by atoms with van der Waals surface area (Å²) in [4.78, 5) is 0. The summed E-state index contributed by atoms with van der Waals surface area (Å²) in [6.07, 6.45) is 0. The van der Waals surface area contributed by atoms with Crippen molar-refractivity contribution in [3.63, 3.8) is 0 Å². The monoisotopic (exact) mass is 445 g/mol. The van der Waals surface area contributed by atoms with Crippen LogP contribution in [0.15, 0.2) is 72.8 Å². The first-order chi connectivity index (χ1) is 11.7. The second-order valence-electron chi connectivity index (χ2n) is 5.69. The summed E-state index contributed by atoms with van der Waals surface area (Å²) in [5, 5.41) is 4.38. The van der Waals surface area contributed by atoms with Gasteiger partial charge in [0.25, 0.3) is 0 Å². The van der Waals surface area contributed by atoms with Crippen LogP contribution in [0.2, 0.25) is 0 Å². The van der Waals surface area contributed by atoms with E-state index in [9.17, 15) is 0 Å². The van der Waals surface area contributed by atoms with Crippen molar-refractivity contribution in [2.24, 2.45) is 0 Å². The van der Waals surface area contributed by atoms with Crippen LogP contribution in [0.5, 0.6) is 0 Å². The van der Waals surface area contributed by atoms with Gasteiger partial charge in [-0.05, 0) is 61.3 Å². The third-order valence-electron chi connectivity index (χ3n) is 4.07. The third kappa shape index (κ3) is 4.36. The predicted octanol–water partition coefficient (Wildman–Crippen LogP) is 5.06. The Morgan fingerprint density at radius 2 is 0.792 bits per heavy atom. The Hall–Kier alpha value is -0.958. The summed E-state index contributed by atoms with van der Waals surface area (Å²) in [7, 11) is 3.98. The SMILES string of the molecule is Cc1ccccc1P(c1ccccc1C)c1ccccc1C.[Cl][Pd]. The second-order valence-corrected chi connectivity index (χ2v) is 7.81. The van der Waals surface area contributed by atoms with Crippen molar-refractivity contribution < 1.29 is 18.2 Å². The summed E-state index contributed by atoms with van der Waals surface area (Å²) < 4.78 is 0. The first-order valence-electron chi connectivity index (χ1n) is 7.77. The van der Waals surface area contributed by atoms with Gasteiger partial charge in [0.15, 0.2) is 0 Å². The van der Waals surface area contributed by atoms with E-state index in [1.807, 2.05) is 0 Å². The van der Waals surface area contributed by atoms with Crippen molar-refractivity contribution in [3.05, 3.63) is 89.5 Å². The predicted molar refractivity (Wildman–Crippen MR) is 105 cm³/mol. The first-order valence-corrected chi connectivity index (χ1v) is 11.1. The van der Waals surface area contributed by atoms with E-state index in [-0.39, 0.29) is 0 Å². The summed E-state index contributed by atoms with van der Waals surface area (Å²) in [5.41, 5.74) is 4.13. The Morgan fingerprint density at radius 1 is 0.542 bits per heavy atom. The fourth-order valence-electron chi connectivity index (χ4n) is 2.83. The Morgan fingerprint density at radius 3 is 1.04 bits per heavy atom. The van der Waals surface area contributed by atoms with Gasteiger partial charge in [0.2, 0.25) is 0 Å². The van der Waals surface area contributed by atoms with E-state index in [0.717, 1.165) is 0 Å². The van der Waals surface area contributed by atoms with Crippen molar-refractivity contribution >= 4 is 33.4 Å². The average Bonchev–Trinajstić information content (AvgIpc) is 2.61. The van der Waals surface area contributed by atoms with E-state index in [2.05, 4.69) is 121 Å². The molecule has 3 aromatic carbocycles. The Bertz CT molecular complexity index is 693. The van der Waals surface area contributed by atoms with Crippen LogP contribution < -0.4 is 15.9 Å². The molecule has 0 N–H and O–H groups in total. The Labute approximate surface area is 161 Å². The van der Waals surface area contributed by atoms with E-state index in [4.69, 9.17) is 0 Å². The molecule has 0 aromatic heterocycles. The number of aryl methyl sites for hydroxylation is 3. The zero-order valence-corrected chi connectivity index (χ0v) is 17.3. The van der Waals surface area contributed by atoms with Gasteiger partial charge in [0.1, 0.15) is 0 Å². The maximum atomic E-state index is 4.49. The molecule has 0 aliphatic rings. The maximum absolute atomic E-state index is 4.49. The molecule has 0 aliphatic carbocycles. The van der Waals surface area contributed by atoms with Gasteiger partial charge in [-0.2, -0.15) is 0 Å². The molecule has 24 heavy (non-hydrogen) atoms. The molecule has 0 nitrogen and oxygen atoms in total. The van der Waals surface area contributed by atoms with Gasteiger partial charge < -0.3 is 0 Å². The molecule has 0 saturated carbocycles. The molecule has 0 fully saturated rings. The molecule has 0 unspecified atom stereocenters. The summed E-state index contributed by atoms with van der Waals surface area (Å²) in [6, 6.07) is 26.4. The van der Waals surface area contributed by atoms with Crippen molar-refractivity contribution in [3.8, 4) is 0 Å². The topological polar surface area (TPSA) is 0 Å². The van der Waals surface area contributed by atoms with Crippen molar-refractivity contribution in [1.82, 2.24) is 0 Å². The van der Waals surface area contributed by atoms with Gasteiger partial charge >= 0.3 is 27.7 Å². The quantitative estimate of drug-likeness (QED) is 0.390. The van der Waals surface area contributed by atoms with E-state index in [1.165, 1.54) is 32.6 Å². The zero-order chi connectivity index (χ0) is 17.5. The normalized spacial score (nSPS) is 10.3. The number of hydrogen-bond acceptors (Lipinski definition) is 0. The number of rotatable bonds is 3. The van der Waals surface area contributed by atoms with E-state index < -0.39 is 7.92 Å². The van der Waals surface area contributed by atoms with Crippen molar-refractivity contribution in [2.45, 2.75) is 20.8 Å². The van der Waals surface area contributed by atoms with E-state index >= 15 is 0 Å². The molecule has 0 aliphatic heterocycles. The molecule has 3 heteroatoms. The summed E-state index contributed by atoms with van der Waals surface area (Å²) in [5.74, 6) is 0. The summed E-state index contributed by atoms with van der Waals surface area (Å²) >= 11 is 2.22. The molecule has 0 bridgehead atoms. The van der Waals surface area contributed by atoms with Gasteiger partial charge in [-0.15, -0.1) is 0 Å². The molecule has 3 aromatic rings. The van der Waals surface area contributed by atoms with Crippen LogP contribution in [0.25, 0.3) is 0 Å². The van der Waals surface area contributed by atoms with Crippen molar-refractivity contribution in [1.29, 1.82) is 0 Å². The molecular formula is C21H21ClPPd. The van der Waals surface area contributed by atoms with E-state index in [0.29, 0.717) is 0 Å². The second kappa shape index (κ2) is 9.51. The van der Waals surface area contributed by atoms with Gasteiger partial charge in [0, 0.05) is 0 Å². The van der Waals surface area contributed by atoms with Crippen LogP contribution in [-0.2, 0) is 18.2 Å². The minimum atomic E-state index is -0.508. The molecule has 0 heterocycles. The molecule has 127 valence electrons. The van der Waals surface area contributed by atoms with Crippen LogP contribution in [0, 0.1) is 20.8 Å². The van der Waals surface area contributed by atoms with Crippen LogP contribution >= 0.6 is 17.5 Å². The van der Waals surface area contributed by atoms with Crippen LogP contribution in [0.1, 0.15) is 16.7 Å². The van der Waals surface area contributed by atoms with Crippen LogP contribution in [-0.4, -0.2) is 0 Å². The van der Waals surface area contributed by atoms with Gasteiger partial charge in [-0.25, -0.2) is 0 Å². The van der Waals surface area contributed by atoms with Gasteiger partial charge in [0.05, 0.1) is 0 Å². The molecule has 0 atom stereocenters. The standard InChI is InChI=1S/C21H21P.ClH.Pd/c1-16-10-4-7-13-19(16)22(20-14-8-5-11-17(20)2)21-15-9-6-12-18(21)3;;/h4-15H,1-3H3;1H;/q;;+1/p-1. The minimum absolute atomic E-state index is 0.508. The third-order valence-corrected chi connectivity index (χ3v) is 7.02. The zero-order valence-electron chi connectivity index (χ0n) is 14.1. The Balaban J connectivity index is 0.00000100. The fraction of sp³-hybridized carbons (Fsp3) is 0.143. The fourth-order valence-corrected chi connectivity index (χ4v) is 5.60.